The first kappa shape index (κ1) is 11.5. The smallest absolute Gasteiger partial charge is 0.196 e. The molecule has 3 nitrogen and oxygen atoms in total. The molecule has 0 unspecified atom stereocenters. The van der Waals surface area contributed by atoms with Crippen molar-refractivity contribution in [3.63, 3.8) is 0 Å². The molecule has 0 fully saturated rings. The summed E-state index contributed by atoms with van der Waals surface area (Å²) < 4.78 is 0. The Kier molecular flexibility index (Phi) is 3.00. The van der Waals surface area contributed by atoms with Crippen LogP contribution in [0, 0.1) is 20.8 Å². The average molecular weight is 226 g/mol. The number of hydrogen-bond acceptors (Lipinski definition) is 3. The van der Waals surface area contributed by atoms with Crippen molar-refractivity contribution in [3.05, 3.63) is 58.7 Å². The summed E-state index contributed by atoms with van der Waals surface area (Å²) in [6.07, 6.45) is 4.52. The molecule has 2 aromatic rings. The molecule has 2 rings (SSSR count). The largest absolute Gasteiger partial charge is 0.288 e. The zero-order chi connectivity index (χ0) is 12.4. The topological polar surface area (TPSA) is 42.9 Å². The highest BCUT2D eigenvalue weighted by atomic mass is 16.1. The molecule has 1 aromatic heterocycles. The number of carbonyl (C=O) groups is 1. The Morgan fingerprint density at radius 2 is 1.53 bits per heavy atom. The van der Waals surface area contributed by atoms with Crippen LogP contribution in [0.2, 0.25) is 0 Å². The Hall–Kier alpha value is -2.03. The maximum atomic E-state index is 12.3. The first-order chi connectivity index (χ1) is 8.09. The highest BCUT2D eigenvalue weighted by molar-refractivity contribution is 6.10. The van der Waals surface area contributed by atoms with Gasteiger partial charge in [0.15, 0.2) is 5.78 Å². The predicted octanol–water partition coefficient (Wildman–Crippen LogP) is 2.63. The van der Waals surface area contributed by atoms with E-state index in [9.17, 15) is 4.79 Å². The van der Waals surface area contributed by atoms with Crippen LogP contribution in [-0.4, -0.2) is 15.8 Å². The first-order valence-electron chi connectivity index (χ1n) is 5.47. The zero-order valence-corrected chi connectivity index (χ0v) is 10.2. The van der Waals surface area contributed by atoms with Crippen LogP contribution in [0.15, 0.2) is 30.9 Å². The lowest BCUT2D eigenvalue weighted by Gasteiger charge is -2.09. The summed E-state index contributed by atoms with van der Waals surface area (Å²) in [6.45, 7) is 5.94. The predicted molar refractivity (Wildman–Crippen MR) is 66.1 cm³/mol. The van der Waals surface area contributed by atoms with E-state index in [4.69, 9.17) is 0 Å². The number of benzene rings is 1. The van der Waals surface area contributed by atoms with Gasteiger partial charge in [0.2, 0.25) is 0 Å². The second-order valence-electron chi connectivity index (χ2n) is 4.23. The maximum Gasteiger partial charge on any atom is 0.196 e. The third-order valence-electron chi connectivity index (χ3n) is 2.73. The maximum absolute atomic E-state index is 12.3. The number of rotatable bonds is 2. The van der Waals surface area contributed by atoms with Crippen LogP contribution >= 0.6 is 0 Å². The first-order valence-corrected chi connectivity index (χ1v) is 5.47. The molecule has 17 heavy (non-hydrogen) atoms. The summed E-state index contributed by atoms with van der Waals surface area (Å²) in [5, 5.41) is 0. The van der Waals surface area contributed by atoms with Crippen molar-refractivity contribution in [2.45, 2.75) is 20.8 Å². The summed E-state index contributed by atoms with van der Waals surface area (Å²) in [6, 6.07) is 4.04. The van der Waals surface area contributed by atoms with E-state index in [1.807, 2.05) is 32.9 Å². The molecule has 86 valence electrons. The minimum atomic E-state index is -0.0133. The average Bonchev–Trinajstić information content (AvgIpc) is 2.28. The normalized spacial score (nSPS) is 10.3. The molecular formula is C14H14N2O. The molecule has 0 aliphatic heterocycles. The van der Waals surface area contributed by atoms with Crippen molar-refractivity contribution in [1.29, 1.82) is 0 Å². The monoisotopic (exact) mass is 226 g/mol. The van der Waals surface area contributed by atoms with Crippen molar-refractivity contribution >= 4 is 5.78 Å². The van der Waals surface area contributed by atoms with E-state index < -0.39 is 0 Å². The highest BCUT2D eigenvalue weighted by Gasteiger charge is 2.15. The summed E-state index contributed by atoms with van der Waals surface area (Å²) in [4.78, 5) is 20.1. The summed E-state index contributed by atoms with van der Waals surface area (Å²) in [5.41, 5.74) is 4.45. The molecule has 0 aliphatic rings. The van der Waals surface area contributed by atoms with Gasteiger partial charge in [-0.2, -0.15) is 0 Å². The van der Waals surface area contributed by atoms with Gasteiger partial charge in [-0.1, -0.05) is 17.7 Å². The van der Waals surface area contributed by atoms with Gasteiger partial charge in [-0.25, -0.2) is 9.97 Å². The third kappa shape index (κ3) is 2.23. The Labute approximate surface area is 101 Å². The van der Waals surface area contributed by atoms with Gasteiger partial charge in [0.25, 0.3) is 0 Å². The quantitative estimate of drug-likeness (QED) is 0.739. The van der Waals surface area contributed by atoms with Crippen molar-refractivity contribution < 1.29 is 4.79 Å². The minimum absolute atomic E-state index is 0.0133. The number of hydrogen-bond donors (Lipinski definition) is 0. The lowest BCUT2D eigenvalue weighted by molar-refractivity contribution is 0.103. The van der Waals surface area contributed by atoms with E-state index in [1.165, 1.54) is 11.9 Å². The Morgan fingerprint density at radius 1 is 1.00 bits per heavy atom. The molecule has 0 amide bonds. The van der Waals surface area contributed by atoms with Crippen LogP contribution in [0.4, 0.5) is 0 Å². The summed E-state index contributed by atoms with van der Waals surface area (Å²) in [7, 11) is 0. The van der Waals surface area contributed by atoms with Crippen molar-refractivity contribution in [2.75, 3.05) is 0 Å². The van der Waals surface area contributed by atoms with Gasteiger partial charge in [0.1, 0.15) is 6.33 Å². The van der Waals surface area contributed by atoms with Gasteiger partial charge in [0, 0.05) is 18.0 Å². The molecule has 1 heterocycles. The number of carbonyl (C=O) groups excluding carboxylic acids is 1. The van der Waals surface area contributed by atoms with Crippen LogP contribution in [0.3, 0.4) is 0 Å². The van der Waals surface area contributed by atoms with Gasteiger partial charge >= 0.3 is 0 Å². The fraction of sp³-hybridized carbons (Fsp3) is 0.214. The van der Waals surface area contributed by atoms with E-state index in [0.717, 1.165) is 16.7 Å². The number of aryl methyl sites for hydroxylation is 3. The van der Waals surface area contributed by atoms with Crippen LogP contribution < -0.4 is 0 Å². The molecule has 0 radical (unpaired) electrons. The summed E-state index contributed by atoms with van der Waals surface area (Å²) in [5.74, 6) is -0.0133. The van der Waals surface area contributed by atoms with Crippen LogP contribution in [-0.2, 0) is 0 Å². The molecule has 0 bridgehead atoms. The molecule has 0 spiro atoms. The van der Waals surface area contributed by atoms with Crippen molar-refractivity contribution in [1.82, 2.24) is 9.97 Å². The van der Waals surface area contributed by atoms with E-state index >= 15 is 0 Å². The molecule has 3 heteroatoms. The van der Waals surface area contributed by atoms with Gasteiger partial charge in [-0.05, 0) is 31.9 Å². The lowest BCUT2D eigenvalue weighted by atomic mass is 9.94. The Balaban J connectivity index is 2.52. The molecule has 0 saturated carbocycles. The third-order valence-corrected chi connectivity index (χ3v) is 2.73. The number of aromatic nitrogens is 2. The Bertz CT molecular complexity index is 539. The Morgan fingerprint density at radius 3 is 2.06 bits per heavy atom. The lowest BCUT2D eigenvalue weighted by Crippen LogP contribution is -2.07. The van der Waals surface area contributed by atoms with Crippen LogP contribution in [0.25, 0.3) is 0 Å². The van der Waals surface area contributed by atoms with Gasteiger partial charge in [-0.15, -0.1) is 0 Å². The second kappa shape index (κ2) is 4.45. The molecule has 0 aliphatic carbocycles. The van der Waals surface area contributed by atoms with E-state index in [2.05, 4.69) is 9.97 Å². The second-order valence-corrected chi connectivity index (χ2v) is 4.23. The van der Waals surface area contributed by atoms with Crippen LogP contribution in [0.5, 0.6) is 0 Å². The van der Waals surface area contributed by atoms with Crippen molar-refractivity contribution in [2.24, 2.45) is 0 Å². The van der Waals surface area contributed by atoms with Gasteiger partial charge in [-0.3, -0.25) is 4.79 Å². The van der Waals surface area contributed by atoms with Gasteiger partial charge in [0.05, 0.1) is 5.56 Å². The molecule has 0 saturated heterocycles. The molecule has 0 atom stereocenters. The number of nitrogens with zero attached hydrogens (tertiary/aromatic N) is 2. The fourth-order valence-corrected chi connectivity index (χ4v) is 2.10. The molecule has 0 N–H and O–H groups in total. The zero-order valence-electron chi connectivity index (χ0n) is 10.2. The highest BCUT2D eigenvalue weighted by Crippen LogP contribution is 2.19. The standard InChI is InChI=1S/C14H14N2O/c1-9-4-10(2)13(11(3)5-9)14(17)12-6-15-8-16-7-12/h4-8H,1-3H3. The summed E-state index contributed by atoms with van der Waals surface area (Å²) >= 11 is 0. The van der Waals surface area contributed by atoms with E-state index in [1.54, 1.807) is 12.4 Å². The minimum Gasteiger partial charge on any atom is -0.288 e. The van der Waals surface area contributed by atoms with Crippen molar-refractivity contribution in [3.8, 4) is 0 Å². The SMILES string of the molecule is Cc1cc(C)c(C(=O)c2cncnc2)c(C)c1. The van der Waals surface area contributed by atoms with Gasteiger partial charge < -0.3 is 0 Å². The molecule has 1 aromatic carbocycles. The van der Waals surface area contributed by atoms with E-state index in [0.29, 0.717) is 5.56 Å². The van der Waals surface area contributed by atoms with Crippen LogP contribution in [0.1, 0.15) is 32.6 Å². The fourth-order valence-electron chi connectivity index (χ4n) is 2.10. The van der Waals surface area contributed by atoms with E-state index in [-0.39, 0.29) is 5.78 Å². The number of ketones is 1. The molecular weight excluding hydrogens is 212 g/mol.